The summed E-state index contributed by atoms with van der Waals surface area (Å²) in [6.45, 7) is 5.37. The van der Waals surface area contributed by atoms with Crippen LogP contribution in [-0.2, 0) is 15.9 Å². The van der Waals surface area contributed by atoms with Crippen LogP contribution in [0.3, 0.4) is 0 Å². The lowest BCUT2D eigenvalue weighted by Crippen LogP contribution is -2.41. The molecule has 1 aromatic carbocycles. The lowest BCUT2D eigenvalue weighted by atomic mass is 10.0. The smallest absolute Gasteiger partial charge is 0.172 e. The Balaban J connectivity index is 2.38. The number of likely N-dealkylation sites (N-methyl/N-ethyl adjacent to an activating group) is 1. The van der Waals surface area contributed by atoms with Gasteiger partial charge in [0.25, 0.3) is 0 Å². The Labute approximate surface area is 117 Å². The van der Waals surface area contributed by atoms with Gasteiger partial charge in [0.05, 0.1) is 6.04 Å². The van der Waals surface area contributed by atoms with Crippen molar-refractivity contribution in [2.45, 2.75) is 45.4 Å². The molecule has 0 bridgehead atoms. The summed E-state index contributed by atoms with van der Waals surface area (Å²) in [5.41, 5.74) is 1.39. The van der Waals surface area contributed by atoms with E-state index in [0.717, 1.165) is 19.3 Å². The van der Waals surface area contributed by atoms with Gasteiger partial charge in [-0.15, -0.1) is 0 Å². The summed E-state index contributed by atoms with van der Waals surface area (Å²) in [4.78, 5) is 0. The second kappa shape index (κ2) is 9.96. The Kier molecular flexibility index (Phi) is 8.47. The minimum absolute atomic E-state index is 0.143. The molecule has 0 aliphatic heterocycles. The molecule has 1 rings (SSSR count). The van der Waals surface area contributed by atoms with Gasteiger partial charge >= 0.3 is 0 Å². The van der Waals surface area contributed by atoms with E-state index in [1.807, 2.05) is 20.9 Å². The van der Waals surface area contributed by atoms with Gasteiger partial charge in [-0.2, -0.15) is 0 Å². The molecule has 1 atom stereocenters. The van der Waals surface area contributed by atoms with Crippen LogP contribution in [0.2, 0.25) is 0 Å². The predicted octanol–water partition coefficient (Wildman–Crippen LogP) is 3.00. The van der Waals surface area contributed by atoms with Crippen molar-refractivity contribution in [1.29, 1.82) is 0 Å². The van der Waals surface area contributed by atoms with Crippen molar-refractivity contribution >= 4 is 0 Å². The van der Waals surface area contributed by atoms with Gasteiger partial charge < -0.3 is 14.8 Å². The van der Waals surface area contributed by atoms with Crippen molar-refractivity contribution in [2.75, 3.05) is 20.3 Å². The van der Waals surface area contributed by atoms with Crippen LogP contribution in [0.1, 0.15) is 32.3 Å². The molecular weight excluding hydrogens is 238 g/mol. The largest absolute Gasteiger partial charge is 0.351 e. The van der Waals surface area contributed by atoms with Crippen LogP contribution in [0.5, 0.6) is 0 Å². The monoisotopic (exact) mass is 265 g/mol. The van der Waals surface area contributed by atoms with Crippen molar-refractivity contribution < 1.29 is 9.47 Å². The molecule has 0 saturated carbocycles. The molecule has 1 aromatic rings. The number of benzene rings is 1. The van der Waals surface area contributed by atoms with Crippen molar-refractivity contribution in [1.82, 2.24) is 5.32 Å². The molecule has 0 amide bonds. The fourth-order valence-corrected chi connectivity index (χ4v) is 2.20. The maximum Gasteiger partial charge on any atom is 0.172 e. The number of aryl methyl sites for hydroxylation is 1. The molecule has 0 fully saturated rings. The van der Waals surface area contributed by atoms with Gasteiger partial charge in [-0.25, -0.2) is 0 Å². The molecule has 0 heterocycles. The Hall–Kier alpha value is -0.900. The van der Waals surface area contributed by atoms with Crippen molar-refractivity contribution in [2.24, 2.45) is 0 Å². The van der Waals surface area contributed by atoms with Gasteiger partial charge in [0.15, 0.2) is 6.29 Å². The van der Waals surface area contributed by atoms with E-state index in [4.69, 9.17) is 9.47 Å². The summed E-state index contributed by atoms with van der Waals surface area (Å²) < 4.78 is 11.3. The molecule has 1 unspecified atom stereocenters. The van der Waals surface area contributed by atoms with E-state index in [0.29, 0.717) is 13.2 Å². The molecule has 0 spiro atoms. The Morgan fingerprint density at radius 2 is 1.68 bits per heavy atom. The highest BCUT2D eigenvalue weighted by atomic mass is 16.7. The zero-order valence-electron chi connectivity index (χ0n) is 12.4. The van der Waals surface area contributed by atoms with Crippen LogP contribution < -0.4 is 5.32 Å². The van der Waals surface area contributed by atoms with E-state index in [-0.39, 0.29) is 12.3 Å². The maximum absolute atomic E-state index is 5.65. The average molecular weight is 265 g/mol. The lowest BCUT2D eigenvalue weighted by Gasteiger charge is -2.26. The third-order valence-electron chi connectivity index (χ3n) is 3.18. The quantitative estimate of drug-likeness (QED) is 0.660. The summed E-state index contributed by atoms with van der Waals surface area (Å²) in [6.07, 6.45) is 3.14. The summed E-state index contributed by atoms with van der Waals surface area (Å²) in [5.74, 6) is 0. The van der Waals surface area contributed by atoms with Gasteiger partial charge in [0.1, 0.15) is 0 Å². The second-order valence-electron chi connectivity index (χ2n) is 4.55. The van der Waals surface area contributed by atoms with Gasteiger partial charge in [-0.05, 0) is 45.7 Å². The van der Waals surface area contributed by atoms with Crippen LogP contribution in [0.15, 0.2) is 30.3 Å². The summed E-state index contributed by atoms with van der Waals surface area (Å²) in [5, 5.41) is 3.31. The molecule has 0 aliphatic rings. The first-order valence-electron chi connectivity index (χ1n) is 7.26. The Morgan fingerprint density at radius 3 is 2.21 bits per heavy atom. The van der Waals surface area contributed by atoms with Crippen molar-refractivity contribution in [3.8, 4) is 0 Å². The highest BCUT2D eigenvalue weighted by Gasteiger charge is 2.19. The maximum atomic E-state index is 5.65. The second-order valence-corrected chi connectivity index (χ2v) is 4.55. The van der Waals surface area contributed by atoms with E-state index < -0.39 is 0 Å². The van der Waals surface area contributed by atoms with E-state index >= 15 is 0 Å². The van der Waals surface area contributed by atoms with Crippen molar-refractivity contribution in [3.63, 3.8) is 0 Å². The zero-order valence-corrected chi connectivity index (χ0v) is 12.4. The van der Waals surface area contributed by atoms with Gasteiger partial charge in [0, 0.05) is 13.2 Å². The van der Waals surface area contributed by atoms with Gasteiger partial charge in [0.2, 0.25) is 0 Å². The number of hydrogen-bond acceptors (Lipinski definition) is 3. The molecule has 108 valence electrons. The highest BCUT2D eigenvalue weighted by Crippen LogP contribution is 2.11. The van der Waals surface area contributed by atoms with Crippen LogP contribution in [0, 0.1) is 0 Å². The van der Waals surface area contributed by atoms with E-state index in [2.05, 4.69) is 35.6 Å². The lowest BCUT2D eigenvalue weighted by molar-refractivity contribution is -0.154. The number of rotatable bonds is 10. The summed E-state index contributed by atoms with van der Waals surface area (Å²) >= 11 is 0. The SMILES string of the molecule is CCOC(OCC)C(CCCc1ccccc1)NC. The molecular formula is C16H27NO2. The Bertz CT molecular complexity index is 310. The zero-order chi connectivity index (χ0) is 13.9. The molecule has 19 heavy (non-hydrogen) atoms. The normalized spacial score (nSPS) is 12.8. The van der Waals surface area contributed by atoms with Gasteiger partial charge in [-0.3, -0.25) is 0 Å². The first-order valence-corrected chi connectivity index (χ1v) is 7.26. The van der Waals surface area contributed by atoms with Gasteiger partial charge in [-0.1, -0.05) is 30.3 Å². The van der Waals surface area contributed by atoms with E-state index in [9.17, 15) is 0 Å². The first kappa shape index (κ1) is 16.2. The summed E-state index contributed by atoms with van der Waals surface area (Å²) in [6, 6.07) is 10.8. The Morgan fingerprint density at radius 1 is 1.05 bits per heavy atom. The number of ether oxygens (including phenoxy) is 2. The van der Waals surface area contributed by atoms with Crippen LogP contribution in [0.25, 0.3) is 0 Å². The molecule has 3 nitrogen and oxygen atoms in total. The van der Waals surface area contributed by atoms with E-state index in [1.165, 1.54) is 5.56 Å². The van der Waals surface area contributed by atoms with Crippen LogP contribution >= 0.6 is 0 Å². The summed E-state index contributed by atoms with van der Waals surface area (Å²) in [7, 11) is 1.97. The first-order chi connectivity index (χ1) is 9.31. The fraction of sp³-hybridized carbons (Fsp3) is 0.625. The molecule has 0 aromatic heterocycles. The fourth-order valence-electron chi connectivity index (χ4n) is 2.20. The number of hydrogen-bond donors (Lipinski definition) is 1. The predicted molar refractivity (Wildman–Crippen MR) is 79.3 cm³/mol. The minimum atomic E-state index is -0.143. The topological polar surface area (TPSA) is 30.5 Å². The minimum Gasteiger partial charge on any atom is -0.351 e. The molecule has 1 N–H and O–H groups in total. The van der Waals surface area contributed by atoms with E-state index in [1.54, 1.807) is 0 Å². The van der Waals surface area contributed by atoms with Crippen molar-refractivity contribution in [3.05, 3.63) is 35.9 Å². The number of nitrogens with one attached hydrogen (secondary N) is 1. The molecule has 0 aliphatic carbocycles. The molecule has 0 saturated heterocycles. The standard InChI is InChI=1S/C16H27NO2/c1-4-18-16(19-5-2)15(17-3)13-9-12-14-10-7-6-8-11-14/h6-8,10-11,15-17H,4-5,9,12-13H2,1-3H3. The molecule has 3 heteroatoms. The third-order valence-corrected chi connectivity index (χ3v) is 3.18. The average Bonchev–Trinajstić information content (AvgIpc) is 2.45. The highest BCUT2D eigenvalue weighted by molar-refractivity contribution is 5.14. The molecule has 0 radical (unpaired) electrons. The van der Waals surface area contributed by atoms with Crippen LogP contribution in [0.4, 0.5) is 0 Å². The van der Waals surface area contributed by atoms with Crippen LogP contribution in [-0.4, -0.2) is 32.6 Å². The third kappa shape index (κ3) is 6.19.